The molecule has 73 heavy (non-hydrogen) atoms. The number of halogens is 1. The first kappa shape index (κ1) is 60.3. The fourth-order valence-electron chi connectivity index (χ4n) is 7.44. The van der Waals surface area contributed by atoms with E-state index >= 15 is 0 Å². The van der Waals surface area contributed by atoms with E-state index in [1.807, 2.05) is 0 Å². The van der Waals surface area contributed by atoms with Crippen LogP contribution in [0.1, 0.15) is 83.8 Å². The second-order valence-corrected chi connectivity index (χ2v) is 19.3. The molecule has 0 aliphatic carbocycles. The molecule has 2 aromatic rings. The molecule has 1 heterocycles. The molecule has 14 N–H and O–H groups in total. The van der Waals surface area contributed by atoms with Gasteiger partial charge >= 0.3 is 0 Å². The lowest BCUT2D eigenvalue weighted by atomic mass is 9.94. The Morgan fingerprint density at radius 3 is 2.05 bits per heavy atom. The van der Waals surface area contributed by atoms with E-state index in [4.69, 9.17) is 17.2 Å². The van der Waals surface area contributed by atoms with E-state index in [9.17, 15) is 62.2 Å². The third-order valence-electron chi connectivity index (χ3n) is 11.5. The summed E-state index contributed by atoms with van der Waals surface area (Å²) in [5.74, 6) is -11.4. The summed E-state index contributed by atoms with van der Waals surface area (Å²) in [6.45, 7) is 5.43. The van der Waals surface area contributed by atoms with E-state index in [1.165, 1.54) is 24.3 Å². The van der Waals surface area contributed by atoms with Crippen LogP contribution < -0.4 is 54.6 Å². The summed E-state index contributed by atoms with van der Waals surface area (Å²) in [4.78, 5) is 149. The van der Waals surface area contributed by atoms with Gasteiger partial charge < -0.3 is 53.8 Å². The van der Waals surface area contributed by atoms with Gasteiger partial charge in [-0.2, -0.15) is 11.8 Å². The number of nitrogens with one attached hydrogen (secondary N) is 7. The van der Waals surface area contributed by atoms with Crippen LogP contribution in [-0.2, 0) is 65.7 Å². The van der Waals surface area contributed by atoms with E-state index in [0.29, 0.717) is 17.5 Å². The van der Waals surface area contributed by atoms with Crippen molar-refractivity contribution in [2.24, 2.45) is 29.0 Å². The SMILES string of the molecule is CC[C@H](C)[C@@H]1NC(=O)[C@H](Cc2ccc(O)cc2)NC(=O)CCCSC[C@@H](C(=O)N(CC(=O)N[C@@H](CC(C)C)C(=O)NCC(N)=O)Cc2ccc(F)cc2)NN[C@@H](CC(N)=O)C(=O)C(=O)[C@H](CCC(N)=O)NC1=O. The van der Waals surface area contributed by atoms with Gasteiger partial charge in [0, 0.05) is 31.6 Å². The Bertz CT molecular complexity index is 2290. The summed E-state index contributed by atoms with van der Waals surface area (Å²) < 4.78 is 14.0. The molecule has 0 radical (unpaired) electrons. The Labute approximate surface area is 426 Å². The van der Waals surface area contributed by atoms with Gasteiger partial charge in [-0.25, -0.2) is 15.2 Å². The van der Waals surface area contributed by atoms with Crippen LogP contribution in [0.3, 0.4) is 0 Å². The van der Waals surface area contributed by atoms with Gasteiger partial charge in [0.15, 0.2) is 0 Å². The average Bonchev–Trinajstić information content (AvgIpc) is 3.33. The Morgan fingerprint density at radius 1 is 0.808 bits per heavy atom. The maximum atomic E-state index is 14.8. The van der Waals surface area contributed by atoms with Gasteiger partial charge in [0.05, 0.1) is 31.6 Å². The molecule has 0 aromatic heterocycles. The number of rotatable bonds is 20. The smallest absolute Gasteiger partial charge is 0.243 e. The van der Waals surface area contributed by atoms with Gasteiger partial charge in [0.1, 0.15) is 35.7 Å². The van der Waals surface area contributed by atoms with Crippen molar-refractivity contribution in [2.75, 3.05) is 24.6 Å². The molecule has 0 saturated carbocycles. The zero-order valence-corrected chi connectivity index (χ0v) is 42.1. The molecular weight excluding hydrogens is 974 g/mol. The van der Waals surface area contributed by atoms with Gasteiger partial charge in [-0.1, -0.05) is 58.4 Å². The monoisotopic (exact) mass is 1040 g/mol. The number of phenols is 1. The number of thioether (sulfide) groups is 1. The van der Waals surface area contributed by atoms with Crippen molar-refractivity contribution in [3.05, 3.63) is 65.5 Å². The molecule has 0 spiro atoms. The van der Waals surface area contributed by atoms with Gasteiger partial charge in [0.25, 0.3) is 0 Å². The molecule has 400 valence electrons. The highest BCUT2D eigenvalue weighted by Crippen LogP contribution is 2.17. The molecule has 2 aromatic carbocycles. The summed E-state index contributed by atoms with van der Waals surface area (Å²) >= 11 is 1.14. The molecule has 1 aliphatic heterocycles. The van der Waals surface area contributed by atoms with Crippen LogP contribution in [-0.4, -0.2) is 136 Å². The Hall–Kier alpha value is -6.99. The maximum absolute atomic E-state index is 14.8. The van der Waals surface area contributed by atoms with Gasteiger partial charge in [-0.3, -0.25) is 52.7 Å². The van der Waals surface area contributed by atoms with Crippen LogP contribution in [0.4, 0.5) is 4.39 Å². The van der Waals surface area contributed by atoms with Crippen molar-refractivity contribution in [1.82, 2.24) is 42.3 Å². The van der Waals surface area contributed by atoms with E-state index in [-0.39, 0.29) is 55.4 Å². The zero-order chi connectivity index (χ0) is 54.4. The molecule has 25 heteroatoms. The fourth-order valence-corrected chi connectivity index (χ4v) is 8.41. The van der Waals surface area contributed by atoms with Crippen LogP contribution in [0.25, 0.3) is 0 Å². The van der Waals surface area contributed by atoms with E-state index in [0.717, 1.165) is 28.8 Å². The van der Waals surface area contributed by atoms with Gasteiger partial charge in [0.2, 0.25) is 64.7 Å². The number of hydrogen-bond acceptors (Lipinski definition) is 15. The molecule has 1 fully saturated rings. The summed E-state index contributed by atoms with van der Waals surface area (Å²) in [6, 6.07) is 2.14. The van der Waals surface area contributed by atoms with Crippen LogP contribution in [0, 0.1) is 17.7 Å². The number of hydrogen-bond donors (Lipinski definition) is 11. The van der Waals surface area contributed by atoms with Crippen LogP contribution in [0.2, 0.25) is 0 Å². The minimum absolute atomic E-state index is 0.0452. The number of ketones is 2. The normalized spacial score (nSPS) is 20.6. The molecule has 7 atom stereocenters. The number of Topliss-reactive ketones (excluding diaryl/α,β-unsaturated/α-hetero) is 2. The van der Waals surface area contributed by atoms with Gasteiger partial charge in [-0.15, -0.1) is 0 Å². The maximum Gasteiger partial charge on any atom is 0.243 e. The Balaban J connectivity index is 2.11. The highest BCUT2D eigenvalue weighted by molar-refractivity contribution is 7.99. The number of primary amides is 3. The summed E-state index contributed by atoms with van der Waals surface area (Å²) in [7, 11) is 0. The number of benzene rings is 2. The van der Waals surface area contributed by atoms with Crippen molar-refractivity contribution in [3.8, 4) is 5.75 Å². The fraction of sp³-hybridized carbons (Fsp3) is 0.521. The quantitative estimate of drug-likeness (QED) is 0.0664. The first-order valence-electron chi connectivity index (χ1n) is 23.8. The van der Waals surface area contributed by atoms with Crippen molar-refractivity contribution in [1.29, 1.82) is 0 Å². The molecule has 23 nitrogen and oxygen atoms in total. The number of nitrogens with zero attached hydrogens (tertiary/aromatic N) is 1. The van der Waals surface area contributed by atoms with Crippen LogP contribution >= 0.6 is 11.8 Å². The predicted molar refractivity (Wildman–Crippen MR) is 265 cm³/mol. The van der Waals surface area contributed by atoms with Crippen LogP contribution in [0.5, 0.6) is 5.75 Å². The third kappa shape index (κ3) is 21.3. The molecule has 0 unspecified atom stereocenters. The van der Waals surface area contributed by atoms with Crippen molar-refractivity contribution >= 4 is 76.5 Å². The minimum atomic E-state index is -1.80. The lowest BCUT2D eigenvalue weighted by Crippen LogP contribution is -2.61. The number of nitrogens with two attached hydrogens (primary N) is 3. The standard InChI is InChI=1S/C48H68FN11O12S/c1-5-27(4)42-47(71)56-32(16-17-37(50)62)43(67)44(68)33(21-38(51)63)58-59-36(25-73-18-6-7-40(65)54-35(46(70)57-42)20-28-10-14-31(61)15-11-28)48(72)60(23-29-8-12-30(49)13-9-29)24-41(66)55-34(19-26(2)3)45(69)53-22-39(52)64/h8-15,26-27,32-36,42,58-59,61H,5-7,16-25H2,1-4H3,(H2,50,62)(H2,51,63)(H2,52,64)(H,53,69)(H,54,65)(H,55,66)(H,56,71)(H,57,70)/t27-,32-,33-,34-,35-,36-,42-/m0/s1. The predicted octanol–water partition coefficient (Wildman–Crippen LogP) is -1.63. The summed E-state index contributed by atoms with van der Waals surface area (Å²) in [5.41, 5.74) is 22.3. The lowest BCUT2D eigenvalue weighted by Gasteiger charge is -2.30. The number of hydrazine groups is 1. The Morgan fingerprint density at radius 2 is 1.45 bits per heavy atom. The molecule has 0 bridgehead atoms. The highest BCUT2D eigenvalue weighted by Gasteiger charge is 2.38. The second-order valence-electron chi connectivity index (χ2n) is 18.2. The van der Waals surface area contributed by atoms with Crippen molar-refractivity contribution in [2.45, 2.75) is 122 Å². The minimum Gasteiger partial charge on any atom is -0.508 e. The van der Waals surface area contributed by atoms with E-state index in [2.05, 4.69) is 37.4 Å². The third-order valence-corrected chi connectivity index (χ3v) is 12.7. The largest absolute Gasteiger partial charge is 0.508 e. The van der Waals surface area contributed by atoms with Crippen molar-refractivity contribution < 1.29 is 62.2 Å². The second kappa shape index (κ2) is 30.1. The number of carbonyl (C=O) groups excluding carboxylic acids is 11. The van der Waals surface area contributed by atoms with Crippen molar-refractivity contribution in [3.63, 3.8) is 0 Å². The molecule has 9 amide bonds. The topological polar surface area (TPSA) is 374 Å². The number of phenolic OH excluding ortho intramolecular Hbond substituents is 1. The number of aromatic hydroxyl groups is 1. The zero-order valence-electron chi connectivity index (χ0n) is 41.3. The number of amides is 9. The molecule has 3 rings (SSSR count). The summed E-state index contributed by atoms with van der Waals surface area (Å²) in [5, 5.41) is 22.7. The summed E-state index contributed by atoms with van der Waals surface area (Å²) in [6.07, 6.45) is -1.39. The Kier molecular flexibility index (Phi) is 24.9. The average molecular weight is 1040 g/mol. The van der Waals surface area contributed by atoms with E-state index in [1.54, 1.807) is 39.8 Å². The molecule has 1 saturated heterocycles. The number of carbonyl (C=O) groups is 11. The van der Waals surface area contributed by atoms with Gasteiger partial charge in [-0.05, 0) is 72.2 Å². The van der Waals surface area contributed by atoms with E-state index < -0.39 is 145 Å². The highest BCUT2D eigenvalue weighted by atomic mass is 32.2. The van der Waals surface area contributed by atoms with Crippen LogP contribution in [0.15, 0.2) is 48.5 Å². The first-order chi connectivity index (χ1) is 34.5. The lowest BCUT2D eigenvalue weighted by molar-refractivity contribution is -0.142. The first-order valence-corrected chi connectivity index (χ1v) is 24.9. The molecule has 1 aliphatic rings. The molecular formula is C48H68FN11O12S.